The molecule has 0 spiro atoms. The Kier molecular flexibility index (Phi) is 8.30. The van der Waals surface area contributed by atoms with Crippen LogP contribution < -0.4 is 10.6 Å². The van der Waals surface area contributed by atoms with Crippen LogP contribution in [-0.4, -0.2) is 90.9 Å². The van der Waals surface area contributed by atoms with Crippen LogP contribution >= 0.6 is 0 Å². The number of aliphatic carboxylic acids is 1. The number of hydrogen-bond donors (Lipinski definition) is 2. The Hall–Kier alpha value is -2.94. The fraction of sp³-hybridized carbons (Fsp3) is 0.522. The first-order chi connectivity index (χ1) is 16.1. The van der Waals surface area contributed by atoms with E-state index in [-0.39, 0.29) is 19.5 Å². The molecule has 3 N–H and O–H groups in total. The van der Waals surface area contributed by atoms with Gasteiger partial charge in [-0.1, -0.05) is 0 Å². The molecule has 4 rings (SSSR count). The number of benzene rings is 1. The lowest BCUT2D eigenvalue weighted by Gasteiger charge is -2.38. The molecule has 1 aromatic carbocycles. The first-order valence-electron chi connectivity index (χ1n) is 11.1. The Labute approximate surface area is 196 Å². The molecule has 8 nitrogen and oxygen atoms in total. The number of halogens is 3. The lowest BCUT2D eigenvalue weighted by atomic mass is 9.93. The summed E-state index contributed by atoms with van der Waals surface area (Å²) in [6.07, 6.45) is -2.77. The van der Waals surface area contributed by atoms with Crippen LogP contribution in [0.4, 0.5) is 18.9 Å². The van der Waals surface area contributed by atoms with Crippen molar-refractivity contribution in [1.82, 2.24) is 14.8 Å². The molecule has 2 atom stereocenters. The van der Waals surface area contributed by atoms with Crippen LogP contribution in [0.15, 0.2) is 30.5 Å². The second-order valence-corrected chi connectivity index (χ2v) is 8.76. The predicted octanol–water partition coefficient (Wildman–Crippen LogP) is 2.14. The minimum Gasteiger partial charge on any atom is -0.480 e. The van der Waals surface area contributed by atoms with Gasteiger partial charge in [0.2, 0.25) is 0 Å². The van der Waals surface area contributed by atoms with E-state index in [1.54, 1.807) is 35.4 Å². The number of nitrogens with zero attached hydrogens (tertiary/aromatic N) is 5. The lowest BCUT2D eigenvalue weighted by molar-refractivity contribution is -0.177. The van der Waals surface area contributed by atoms with Crippen molar-refractivity contribution >= 4 is 22.6 Å². The van der Waals surface area contributed by atoms with Gasteiger partial charge in [-0.2, -0.15) is 18.4 Å². The van der Waals surface area contributed by atoms with Crippen LogP contribution in [-0.2, 0) is 4.79 Å². The number of rotatable bonds is 3. The molecule has 184 valence electrons. The summed E-state index contributed by atoms with van der Waals surface area (Å²) < 4.78 is 39.3. The van der Waals surface area contributed by atoms with Crippen LogP contribution in [0.1, 0.15) is 12.0 Å². The highest BCUT2D eigenvalue weighted by molar-refractivity contribution is 5.95. The quantitative estimate of drug-likeness (QED) is 0.691. The molecule has 0 unspecified atom stereocenters. The standard InChI is InChI=1S/C16H15F3N4.C7H14N2O2/c17-16(18,19)11-6-12(21)9-23(8-11)14-4-3-10(7-20)15-13(14)2-1-5-22-15;1-8-2-4-9(5-3-8)6-7(10)11/h1-5,11-12H,6,8-9,21H2;2-6H2,1H3,(H,10,11)/t11-,12+;/m0./s1. The second-order valence-electron chi connectivity index (χ2n) is 8.76. The number of piperazine rings is 1. The van der Waals surface area contributed by atoms with Gasteiger partial charge in [0.15, 0.2) is 0 Å². The maximum Gasteiger partial charge on any atom is 0.393 e. The molecule has 2 fully saturated rings. The zero-order valence-corrected chi connectivity index (χ0v) is 19.0. The zero-order valence-electron chi connectivity index (χ0n) is 19.0. The van der Waals surface area contributed by atoms with E-state index in [2.05, 4.69) is 23.0 Å². The van der Waals surface area contributed by atoms with E-state index >= 15 is 0 Å². The summed E-state index contributed by atoms with van der Waals surface area (Å²) in [4.78, 5) is 20.3. The molecule has 0 bridgehead atoms. The molecule has 2 aliphatic heterocycles. The van der Waals surface area contributed by atoms with E-state index < -0.39 is 24.1 Å². The molecule has 0 aliphatic carbocycles. The summed E-state index contributed by atoms with van der Waals surface area (Å²) in [7, 11) is 2.05. The molecule has 34 heavy (non-hydrogen) atoms. The Balaban J connectivity index is 0.000000248. The fourth-order valence-electron chi connectivity index (χ4n) is 4.29. The number of anilines is 1. The van der Waals surface area contributed by atoms with Crippen molar-refractivity contribution in [3.05, 3.63) is 36.0 Å². The maximum absolute atomic E-state index is 13.1. The molecule has 0 radical (unpaired) electrons. The average Bonchev–Trinajstić information content (AvgIpc) is 2.79. The second kappa shape index (κ2) is 11.0. The van der Waals surface area contributed by atoms with Crippen LogP contribution in [0, 0.1) is 17.2 Å². The van der Waals surface area contributed by atoms with Crippen molar-refractivity contribution in [1.29, 1.82) is 5.26 Å². The van der Waals surface area contributed by atoms with Gasteiger partial charge in [-0.15, -0.1) is 0 Å². The van der Waals surface area contributed by atoms with E-state index in [1.165, 1.54) is 0 Å². The largest absolute Gasteiger partial charge is 0.480 e. The normalized spacial score (nSPS) is 22.1. The summed E-state index contributed by atoms with van der Waals surface area (Å²) in [5, 5.41) is 18.3. The molecule has 0 amide bonds. The smallest absolute Gasteiger partial charge is 0.393 e. The lowest BCUT2D eigenvalue weighted by Crippen LogP contribution is -2.51. The summed E-state index contributed by atoms with van der Waals surface area (Å²) in [5.41, 5.74) is 7.37. The molecule has 11 heteroatoms. The van der Waals surface area contributed by atoms with Gasteiger partial charge in [0.25, 0.3) is 0 Å². The highest BCUT2D eigenvalue weighted by atomic mass is 19.4. The molecule has 0 saturated carbocycles. The first kappa shape index (κ1) is 25.7. The van der Waals surface area contributed by atoms with E-state index in [4.69, 9.17) is 16.1 Å². The van der Waals surface area contributed by atoms with E-state index in [0.717, 1.165) is 26.2 Å². The topological polar surface area (TPSA) is 110 Å². The van der Waals surface area contributed by atoms with Gasteiger partial charge in [-0.05, 0) is 37.7 Å². The van der Waals surface area contributed by atoms with Gasteiger partial charge in [0.1, 0.15) is 6.07 Å². The number of carbonyl (C=O) groups is 1. The van der Waals surface area contributed by atoms with Crippen molar-refractivity contribution in [2.75, 3.05) is 57.8 Å². The average molecular weight is 479 g/mol. The third-order valence-electron chi connectivity index (χ3n) is 6.11. The predicted molar refractivity (Wildman–Crippen MR) is 122 cm³/mol. The summed E-state index contributed by atoms with van der Waals surface area (Å²) >= 11 is 0. The Morgan fingerprint density at radius 2 is 1.94 bits per heavy atom. The van der Waals surface area contributed by atoms with Crippen molar-refractivity contribution in [3.63, 3.8) is 0 Å². The summed E-state index contributed by atoms with van der Waals surface area (Å²) in [6, 6.07) is 8.25. The van der Waals surface area contributed by atoms with Gasteiger partial charge < -0.3 is 20.6 Å². The van der Waals surface area contributed by atoms with Gasteiger partial charge in [0.05, 0.1) is 23.5 Å². The molecule has 1 aromatic heterocycles. The number of nitriles is 1. The number of aromatic nitrogens is 1. The fourth-order valence-corrected chi connectivity index (χ4v) is 4.29. The van der Waals surface area contributed by atoms with Crippen LogP contribution in [0.2, 0.25) is 0 Å². The van der Waals surface area contributed by atoms with Gasteiger partial charge in [0, 0.05) is 62.6 Å². The number of fused-ring (bicyclic) bond motifs is 1. The molecule has 2 aliphatic rings. The molecule has 2 aromatic rings. The third kappa shape index (κ3) is 6.56. The molecular formula is C23H29F3N6O2. The summed E-state index contributed by atoms with van der Waals surface area (Å²) in [5.74, 6) is -2.18. The minimum absolute atomic E-state index is 0.0630. The Morgan fingerprint density at radius 1 is 1.24 bits per heavy atom. The Bertz CT molecular complexity index is 1030. The number of nitrogens with two attached hydrogens (primary N) is 1. The number of carboxylic acids is 1. The van der Waals surface area contributed by atoms with Gasteiger partial charge >= 0.3 is 12.1 Å². The van der Waals surface area contributed by atoms with Crippen molar-refractivity contribution in [2.45, 2.75) is 18.6 Å². The highest BCUT2D eigenvalue weighted by Crippen LogP contribution is 2.36. The monoisotopic (exact) mass is 478 g/mol. The zero-order chi connectivity index (χ0) is 24.9. The number of piperidine rings is 1. The van der Waals surface area contributed by atoms with Gasteiger partial charge in [-0.25, -0.2) is 0 Å². The van der Waals surface area contributed by atoms with Crippen molar-refractivity contribution in [3.8, 4) is 6.07 Å². The third-order valence-corrected chi connectivity index (χ3v) is 6.11. The van der Waals surface area contributed by atoms with E-state index in [9.17, 15) is 18.0 Å². The van der Waals surface area contributed by atoms with Gasteiger partial charge in [-0.3, -0.25) is 14.7 Å². The molecular weight excluding hydrogens is 449 g/mol. The van der Waals surface area contributed by atoms with Crippen molar-refractivity contribution in [2.24, 2.45) is 11.7 Å². The number of likely N-dealkylation sites (N-methyl/N-ethyl adjacent to an activating group) is 1. The first-order valence-corrected chi connectivity index (χ1v) is 11.1. The van der Waals surface area contributed by atoms with E-state index in [0.29, 0.717) is 28.7 Å². The SMILES string of the molecule is CN1CCN(CC(=O)O)CC1.N#Cc1ccc(N2C[C@H](N)C[C@H](C(F)(F)F)C2)c2cccnc12. The highest BCUT2D eigenvalue weighted by Gasteiger charge is 2.44. The molecule has 2 saturated heterocycles. The van der Waals surface area contributed by atoms with Crippen LogP contribution in [0.25, 0.3) is 10.9 Å². The minimum atomic E-state index is -4.27. The number of carboxylic acid groups (broad SMARTS) is 1. The number of alkyl halides is 3. The Morgan fingerprint density at radius 3 is 2.56 bits per heavy atom. The number of pyridine rings is 1. The maximum atomic E-state index is 13.1. The van der Waals surface area contributed by atoms with E-state index in [1.807, 2.05) is 4.90 Å². The van der Waals surface area contributed by atoms with Crippen molar-refractivity contribution < 1.29 is 23.1 Å². The summed E-state index contributed by atoms with van der Waals surface area (Å²) in [6.45, 7) is 4.12. The molecule has 3 heterocycles. The van der Waals surface area contributed by atoms with Crippen LogP contribution in [0.5, 0.6) is 0 Å². The van der Waals surface area contributed by atoms with Crippen LogP contribution in [0.3, 0.4) is 0 Å². The number of hydrogen-bond acceptors (Lipinski definition) is 7.